The molecular formula is C38H23N3S. The molecule has 0 aliphatic carbocycles. The van der Waals surface area contributed by atoms with Gasteiger partial charge in [-0.25, -0.2) is 9.97 Å². The van der Waals surface area contributed by atoms with Crippen LogP contribution in [-0.4, -0.2) is 14.5 Å². The van der Waals surface area contributed by atoms with Crippen molar-refractivity contribution in [1.29, 1.82) is 0 Å². The molecule has 0 saturated carbocycles. The Hall–Kier alpha value is -5.32. The van der Waals surface area contributed by atoms with E-state index in [1.165, 1.54) is 37.4 Å². The van der Waals surface area contributed by atoms with Crippen LogP contribution in [0.5, 0.6) is 0 Å². The Bertz CT molecular complexity index is 2460. The average Bonchev–Trinajstić information content (AvgIpc) is 3.60. The summed E-state index contributed by atoms with van der Waals surface area (Å²) in [6.07, 6.45) is 0. The van der Waals surface area contributed by atoms with Crippen molar-refractivity contribution in [3.05, 3.63) is 140 Å². The molecule has 3 aromatic heterocycles. The van der Waals surface area contributed by atoms with E-state index < -0.39 is 0 Å². The third kappa shape index (κ3) is 3.46. The first-order valence-corrected chi connectivity index (χ1v) is 14.9. The van der Waals surface area contributed by atoms with Gasteiger partial charge in [-0.05, 0) is 40.1 Å². The summed E-state index contributed by atoms with van der Waals surface area (Å²) >= 11 is 1.76. The fourth-order valence-electron chi connectivity index (χ4n) is 6.28. The summed E-state index contributed by atoms with van der Waals surface area (Å²) in [4.78, 5) is 10.7. The van der Waals surface area contributed by atoms with Gasteiger partial charge >= 0.3 is 0 Å². The maximum Gasteiger partial charge on any atom is 0.235 e. The summed E-state index contributed by atoms with van der Waals surface area (Å²) in [5.74, 6) is 0.686. The largest absolute Gasteiger partial charge is 0.278 e. The molecule has 0 N–H and O–H groups in total. The number of hydrogen-bond donors (Lipinski definition) is 0. The Kier molecular flexibility index (Phi) is 5.07. The lowest BCUT2D eigenvalue weighted by atomic mass is 10.0. The molecule has 9 rings (SSSR count). The molecule has 42 heavy (non-hydrogen) atoms. The summed E-state index contributed by atoms with van der Waals surface area (Å²) in [6.45, 7) is 0. The lowest BCUT2D eigenvalue weighted by molar-refractivity contribution is 1.02. The first-order valence-electron chi connectivity index (χ1n) is 14.1. The van der Waals surface area contributed by atoms with E-state index in [9.17, 15) is 0 Å². The van der Waals surface area contributed by atoms with Gasteiger partial charge < -0.3 is 0 Å². The van der Waals surface area contributed by atoms with Crippen LogP contribution in [0.3, 0.4) is 0 Å². The van der Waals surface area contributed by atoms with E-state index in [1.54, 1.807) is 11.3 Å². The van der Waals surface area contributed by atoms with E-state index in [4.69, 9.17) is 9.97 Å². The Morgan fingerprint density at radius 2 is 1.21 bits per heavy atom. The molecule has 6 aromatic carbocycles. The van der Waals surface area contributed by atoms with E-state index >= 15 is 0 Å². The van der Waals surface area contributed by atoms with E-state index in [-0.39, 0.29) is 0 Å². The molecule has 196 valence electrons. The van der Waals surface area contributed by atoms with Gasteiger partial charge in [-0.3, -0.25) is 4.57 Å². The standard InChI is InChI=1S/C38H23N3S/c1-3-11-24(12-4-1)27-19-21-29-32(23-27)41(31-22-20-25-13-7-8-16-28(25)34(29)31)38-39-35(26-14-5-2-6-15-26)37-36(40-38)30-17-9-10-18-33(30)42-37/h1-23H. The molecular weight excluding hydrogens is 531 g/mol. The third-order valence-electron chi connectivity index (χ3n) is 8.22. The van der Waals surface area contributed by atoms with Crippen molar-refractivity contribution in [3.8, 4) is 28.3 Å². The maximum atomic E-state index is 5.35. The number of fused-ring (bicyclic) bond motifs is 8. The second-order valence-corrected chi connectivity index (χ2v) is 11.7. The van der Waals surface area contributed by atoms with Crippen molar-refractivity contribution in [2.75, 3.05) is 0 Å². The molecule has 0 fully saturated rings. The minimum atomic E-state index is 0.686. The molecule has 0 atom stereocenters. The van der Waals surface area contributed by atoms with Crippen LogP contribution in [-0.2, 0) is 0 Å². The fraction of sp³-hybridized carbons (Fsp3) is 0. The van der Waals surface area contributed by atoms with Gasteiger partial charge in [-0.1, -0.05) is 121 Å². The average molecular weight is 554 g/mol. The Morgan fingerprint density at radius 3 is 2.05 bits per heavy atom. The van der Waals surface area contributed by atoms with Crippen molar-refractivity contribution in [2.45, 2.75) is 0 Å². The number of rotatable bonds is 3. The van der Waals surface area contributed by atoms with Crippen LogP contribution in [0.2, 0.25) is 0 Å². The fourth-order valence-corrected chi connectivity index (χ4v) is 7.44. The van der Waals surface area contributed by atoms with Gasteiger partial charge in [0.25, 0.3) is 0 Å². The molecule has 0 radical (unpaired) electrons. The lowest BCUT2D eigenvalue weighted by Crippen LogP contribution is -2.02. The highest BCUT2D eigenvalue weighted by Crippen LogP contribution is 2.41. The molecule has 4 heteroatoms. The van der Waals surface area contributed by atoms with Crippen LogP contribution in [0.1, 0.15) is 0 Å². The molecule has 0 aliphatic rings. The lowest BCUT2D eigenvalue weighted by Gasteiger charge is -2.11. The Labute approximate surface area is 246 Å². The Morgan fingerprint density at radius 1 is 0.500 bits per heavy atom. The Balaban J connectivity index is 1.45. The summed E-state index contributed by atoms with van der Waals surface area (Å²) in [7, 11) is 0. The van der Waals surface area contributed by atoms with Gasteiger partial charge in [0.1, 0.15) is 0 Å². The maximum absolute atomic E-state index is 5.35. The first-order chi connectivity index (χ1) is 20.8. The topological polar surface area (TPSA) is 30.7 Å². The number of thiophene rings is 1. The predicted molar refractivity (Wildman–Crippen MR) is 178 cm³/mol. The van der Waals surface area contributed by atoms with E-state index in [0.29, 0.717) is 5.95 Å². The first kappa shape index (κ1) is 23.4. The highest BCUT2D eigenvalue weighted by atomic mass is 32.1. The summed E-state index contributed by atoms with van der Waals surface area (Å²) in [6, 6.07) is 49.5. The van der Waals surface area contributed by atoms with Crippen LogP contribution in [0.15, 0.2) is 140 Å². The van der Waals surface area contributed by atoms with Crippen LogP contribution in [0.25, 0.3) is 81.2 Å². The highest BCUT2D eigenvalue weighted by Gasteiger charge is 2.21. The smallest absolute Gasteiger partial charge is 0.235 e. The molecule has 0 aliphatic heterocycles. The molecule has 0 saturated heterocycles. The van der Waals surface area contributed by atoms with Crippen molar-refractivity contribution < 1.29 is 0 Å². The second-order valence-electron chi connectivity index (χ2n) is 10.6. The molecule has 3 nitrogen and oxygen atoms in total. The van der Waals surface area contributed by atoms with Crippen LogP contribution in [0, 0.1) is 0 Å². The number of hydrogen-bond acceptors (Lipinski definition) is 3. The minimum absolute atomic E-state index is 0.686. The minimum Gasteiger partial charge on any atom is -0.278 e. The normalized spacial score (nSPS) is 11.8. The summed E-state index contributed by atoms with van der Waals surface area (Å²) < 4.78 is 4.60. The SMILES string of the molecule is c1ccc(-c2ccc3c4c5ccccc5ccc4n(-c4nc(-c5ccccc5)c5sc6ccccc6c5n4)c3c2)cc1. The van der Waals surface area contributed by atoms with Gasteiger partial charge in [0.2, 0.25) is 5.95 Å². The van der Waals surface area contributed by atoms with E-state index in [2.05, 4.69) is 144 Å². The molecule has 0 spiro atoms. The number of benzene rings is 6. The van der Waals surface area contributed by atoms with Gasteiger partial charge in [0.05, 0.1) is 26.9 Å². The van der Waals surface area contributed by atoms with Crippen molar-refractivity contribution >= 4 is 64.2 Å². The van der Waals surface area contributed by atoms with Crippen molar-refractivity contribution in [3.63, 3.8) is 0 Å². The van der Waals surface area contributed by atoms with E-state index in [1.807, 2.05) is 0 Å². The third-order valence-corrected chi connectivity index (χ3v) is 9.38. The van der Waals surface area contributed by atoms with Crippen molar-refractivity contribution in [1.82, 2.24) is 14.5 Å². The summed E-state index contributed by atoms with van der Waals surface area (Å²) in [5, 5.41) is 6.04. The van der Waals surface area contributed by atoms with Gasteiger partial charge in [-0.2, -0.15) is 0 Å². The van der Waals surface area contributed by atoms with Gasteiger partial charge in [-0.15, -0.1) is 11.3 Å². The van der Waals surface area contributed by atoms with Gasteiger partial charge in [0.15, 0.2) is 0 Å². The number of nitrogens with zero attached hydrogens (tertiary/aromatic N) is 3. The van der Waals surface area contributed by atoms with Crippen LogP contribution in [0.4, 0.5) is 0 Å². The van der Waals surface area contributed by atoms with Crippen LogP contribution < -0.4 is 0 Å². The van der Waals surface area contributed by atoms with Crippen molar-refractivity contribution in [2.24, 2.45) is 0 Å². The predicted octanol–water partition coefficient (Wildman–Crippen LogP) is 10.4. The molecule has 9 aromatic rings. The molecule has 0 bridgehead atoms. The zero-order valence-corrected chi connectivity index (χ0v) is 23.3. The molecule has 0 unspecified atom stereocenters. The summed E-state index contributed by atoms with van der Waals surface area (Å²) in [5.41, 5.74) is 7.61. The molecule has 0 amide bonds. The zero-order chi connectivity index (χ0) is 27.6. The monoisotopic (exact) mass is 553 g/mol. The number of aromatic nitrogens is 3. The molecule has 3 heterocycles. The second kappa shape index (κ2) is 9.10. The zero-order valence-electron chi connectivity index (χ0n) is 22.5. The van der Waals surface area contributed by atoms with Gasteiger partial charge in [0, 0.05) is 26.4 Å². The highest BCUT2D eigenvalue weighted by molar-refractivity contribution is 7.26. The quantitative estimate of drug-likeness (QED) is 0.218. The van der Waals surface area contributed by atoms with E-state index in [0.717, 1.165) is 37.9 Å². The van der Waals surface area contributed by atoms with Crippen LogP contribution >= 0.6 is 11.3 Å².